The predicted molar refractivity (Wildman–Crippen MR) is 84.3 cm³/mol. The minimum absolute atomic E-state index is 0.0578. The lowest BCUT2D eigenvalue weighted by molar-refractivity contribution is -0.121. The topological polar surface area (TPSA) is 38.3 Å². The number of rotatable bonds is 6. The predicted octanol–water partition coefficient (Wildman–Crippen LogP) is 3.25. The maximum atomic E-state index is 11.9. The van der Waals surface area contributed by atoms with Crippen molar-refractivity contribution in [3.8, 4) is 5.75 Å². The van der Waals surface area contributed by atoms with Crippen LogP contribution in [0.15, 0.2) is 48.5 Å². The molecule has 2 aromatic carbocycles. The van der Waals surface area contributed by atoms with Gasteiger partial charge in [-0.25, -0.2) is 0 Å². The second-order valence-electron chi connectivity index (χ2n) is 5.08. The lowest BCUT2D eigenvalue weighted by Crippen LogP contribution is -2.23. The van der Waals surface area contributed by atoms with E-state index >= 15 is 0 Å². The summed E-state index contributed by atoms with van der Waals surface area (Å²) in [7, 11) is 1.64. The summed E-state index contributed by atoms with van der Waals surface area (Å²) in [6.07, 6.45) is 1.26. The highest BCUT2D eigenvalue weighted by Gasteiger charge is 2.05. The van der Waals surface area contributed by atoms with Gasteiger partial charge in [-0.05, 0) is 25.0 Å². The molecule has 3 heteroatoms. The Balaban J connectivity index is 1.82. The molecule has 0 aromatic heterocycles. The van der Waals surface area contributed by atoms with Crippen LogP contribution < -0.4 is 10.1 Å². The highest BCUT2D eigenvalue weighted by atomic mass is 16.5. The number of carbonyl (C=O) groups is 1. The second-order valence-corrected chi connectivity index (χ2v) is 5.08. The normalized spacial score (nSPS) is 10.2. The van der Waals surface area contributed by atoms with Crippen LogP contribution in [0.1, 0.15) is 23.1 Å². The maximum Gasteiger partial charge on any atom is 0.220 e. The molecule has 0 aliphatic heterocycles. The van der Waals surface area contributed by atoms with Crippen LogP contribution in [0.5, 0.6) is 5.75 Å². The van der Waals surface area contributed by atoms with Gasteiger partial charge in [0.1, 0.15) is 5.75 Å². The van der Waals surface area contributed by atoms with Crippen molar-refractivity contribution in [1.29, 1.82) is 0 Å². The van der Waals surface area contributed by atoms with E-state index in [1.165, 1.54) is 11.1 Å². The van der Waals surface area contributed by atoms with Gasteiger partial charge in [-0.2, -0.15) is 0 Å². The van der Waals surface area contributed by atoms with E-state index in [1.54, 1.807) is 7.11 Å². The molecule has 21 heavy (non-hydrogen) atoms. The summed E-state index contributed by atoms with van der Waals surface area (Å²) in [4.78, 5) is 11.9. The number of ether oxygens (including phenoxy) is 1. The van der Waals surface area contributed by atoms with Gasteiger partial charge in [0.2, 0.25) is 5.91 Å². The Morgan fingerprint density at radius 1 is 1.14 bits per heavy atom. The number of aryl methyl sites for hydroxylation is 2. The number of hydrogen-bond donors (Lipinski definition) is 1. The van der Waals surface area contributed by atoms with Crippen LogP contribution in [0, 0.1) is 6.92 Å². The van der Waals surface area contributed by atoms with Crippen LogP contribution in [-0.4, -0.2) is 13.0 Å². The summed E-state index contributed by atoms with van der Waals surface area (Å²) >= 11 is 0. The smallest absolute Gasteiger partial charge is 0.220 e. The first-order valence-electron chi connectivity index (χ1n) is 7.13. The molecule has 3 nitrogen and oxygen atoms in total. The van der Waals surface area contributed by atoms with Gasteiger partial charge in [-0.15, -0.1) is 0 Å². The number of carbonyl (C=O) groups excluding carboxylic acids is 1. The van der Waals surface area contributed by atoms with Gasteiger partial charge in [0, 0.05) is 18.5 Å². The van der Waals surface area contributed by atoms with Crippen LogP contribution in [0.2, 0.25) is 0 Å². The summed E-state index contributed by atoms with van der Waals surface area (Å²) < 4.78 is 5.27. The summed E-state index contributed by atoms with van der Waals surface area (Å²) in [5, 5.41) is 2.94. The largest absolute Gasteiger partial charge is 0.496 e. The van der Waals surface area contributed by atoms with Crippen molar-refractivity contribution < 1.29 is 9.53 Å². The summed E-state index contributed by atoms with van der Waals surface area (Å²) in [6.45, 7) is 2.56. The van der Waals surface area contributed by atoms with Gasteiger partial charge in [0.05, 0.1) is 7.11 Å². The Hall–Kier alpha value is -2.29. The van der Waals surface area contributed by atoms with Gasteiger partial charge in [0.25, 0.3) is 0 Å². The van der Waals surface area contributed by atoms with E-state index in [-0.39, 0.29) is 5.91 Å². The van der Waals surface area contributed by atoms with Gasteiger partial charge in [-0.3, -0.25) is 4.79 Å². The van der Waals surface area contributed by atoms with Crippen LogP contribution in [0.4, 0.5) is 0 Å². The Labute approximate surface area is 126 Å². The van der Waals surface area contributed by atoms with Crippen LogP contribution >= 0.6 is 0 Å². The fourth-order valence-electron chi connectivity index (χ4n) is 2.26. The minimum Gasteiger partial charge on any atom is -0.496 e. The molecule has 0 spiro atoms. The molecule has 0 unspecified atom stereocenters. The zero-order valence-corrected chi connectivity index (χ0v) is 12.6. The third-order valence-corrected chi connectivity index (χ3v) is 3.39. The van der Waals surface area contributed by atoms with Crippen molar-refractivity contribution >= 4 is 5.91 Å². The third-order valence-electron chi connectivity index (χ3n) is 3.39. The van der Waals surface area contributed by atoms with E-state index in [0.717, 1.165) is 17.7 Å². The minimum atomic E-state index is 0.0578. The lowest BCUT2D eigenvalue weighted by Gasteiger charge is -2.09. The Bertz CT molecular complexity index is 608. The first-order valence-corrected chi connectivity index (χ1v) is 7.13. The van der Waals surface area contributed by atoms with E-state index in [4.69, 9.17) is 4.74 Å². The number of hydrogen-bond acceptors (Lipinski definition) is 2. The summed E-state index contributed by atoms with van der Waals surface area (Å²) in [5.74, 6) is 0.860. The number of amides is 1. The number of nitrogens with one attached hydrogen (secondary N) is 1. The standard InChI is InChI=1S/C18H21NO2/c1-14-6-5-7-15(12-14)10-11-18(20)19-13-16-8-3-4-9-17(16)21-2/h3-9,12H,10-11,13H2,1-2H3,(H,19,20). The number of benzene rings is 2. The molecule has 0 bridgehead atoms. The summed E-state index contributed by atoms with van der Waals surface area (Å²) in [5.41, 5.74) is 3.41. The Morgan fingerprint density at radius 2 is 1.95 bits per heavy atom. The van der Waals surface area contributed by atoms with Gasteiger partial charge < -0.3 is 10.1 Å². The molecule has 0 aliphatic carbocycles. The first-order chi connectivity index (χ1) is 10.2. The Morgan fingerprint density at radius 3 is 2.71 bits per heavy atom. The molecule has 2 rings (SSSR count). The number of methoxy groups -OCH3 is 1. The van der Waals surface area contributed by atoms with Crippen molar-refractivity contribution in [3.63, 3.8) is 0 Å². The van der Waals surface area contributed by atoms with E-state index in [0.29, 0.717) is 13.0 Å². The lowest BCUT2D eigenvalue weighted by atomic mass is 10.1. The van der Waals surface area contributed by atoms with E-state index in [1.807, 2.05) is 30.3 Å². The highest BCUT2D eigenvalue weighted by molar-refractivity contribution is 5.76. The second kappa shape index (κ2) is 7.48. The van der Waals surface area contributed by atoms with Crippen LogP contribution in [-0.2, 0) is 17.8 Å². The highest BCUT2D eigenvalue weighted by Crippen LogP contribution is 2.16. The molecule has 2 aromatic rings. The zero-order valence-electron chi connectivity index (χ0n) is 12.6. The molecule has 0 atom stereocenters. The summed E-state index contributed by atoms with van der Waals surface area (Å²) in [6, 6.07) is 16.0. The van der Waals surface area contributed by atoms with Crippen LogP contribution in [0.3, 0.4) is 0 Å². The molecule has 1 N–H and O–H groups in total. The van der Waals surface area contributed by atoms with Crippen molar-refractivity contribution in [3.05, 3.63) is 65.2 Å². The molecular formula is C18H21NO2. The van der Waals surface area contributed by atoms with Gasteiger partial charge in [-0.1, -0.05) is 48.0 Å². The SMILES string of the molecule is COc1ccccc1CNC(=O)CCc1cccc(C)c1. The molecule has 0 radical (unpaired) electrons. The molecule has 0 fully saturated rings. The average molecular weight is 283 g/mol. The van der Waals surface area contributed by atoms with E-state index in [9.17, 15) is 4.79 Å². The molecule has 1 amide bonds. The average Bonchev–Trinajstić information content (AvgIpc) is 2.51. The Kier molecular flexibility index (Phi) is 5.38. The van der Waals surface area contributed by atoms with E-state index < -0.39 is 0 Å². The van der Waals surface area contributed by atoms with Crippen molar-refractivity contribution in [2.75, 3.05) is 7.11 Å². The molecule has 0 aliphatic rings. The van der Waals surface area contributed by atoms with Gasteiger partial charge in [0.15, 0.2) is 0 Å². The van der Waals surface area contributed by atoms with Gasteiger partial charge >= 0.3 is 0 Å². The first kappa shape index (κ1) is 15.1. The van der Waals surface area contributed by atoms with Crippen molar-refractivity contribution in [1.82, 2.24) is 5.32 Å². The zero-order chi connectivity index (χ0) is 15.1. The fourth-order valence-corrected chi connectivity index (χ4v) is 2.26. The van der Waals surface area contributed by atoms with Crippen molar-refractivity contribution in [2.24, 2.45) is 0 Å². The molecular weight excluding hydrogens is 262 g/mol. The van der Waals surface area contributed by atoms with E-state index in [2.05, 4.69) is 30.4 Å². The molecule has 0 heterocycles. The monoisotopic (exact) mass is 283 g/mol. The quantitative estimate of drug-likeness (QED) is 0.883. The molecule has 0 saturated heterocycles. The van der Waals surface area contributed by atoms with Crippen LogP contribution in [0.25, 0.3) is 0 Å². The third kappa shape index (κ3) is 4.63. The maximum absolute atomic E-state index is 11.9. The number of para-hydroxylation sites is 1. The fraction of sp³-hybridized carbons (Fsp3) is 0.278. The van der Waals surface area contributed by atoms with Crippen molar-refractivity contribution in [2.45, 2.75) is 26.3 Å². The molecule has 110 valence electrons. The molecule has 0 saturated carbocycles.